The normalized spacial score (nSPS) is 27.3. The van der Waals surface area contributed by atoms with E-state index in [2.05, 4.69) is 40.5 Å². The van der Waals surface area contributed by atoms with Gasteiger partial charge in [0.25, 0.3) is 5.91 Å². The molecule has 3 atom stereocenters. The highest BCUT2D eigenvalue weighted by Crippen LogP contribution is 2.36. The van der Waals surface area contributed by atoms with Crippen LogP contribution in [-0.4, -0.2) is 58.8 Å². The van der Waals surface area contributed by atoms with Gasteiger partial charge in [-0.1, -0.05) is 30.3 Å². The van der Waals surface area contributed by atoms with Crippen LogP contribution in [-0.2, 0) is 16.1 Å². The number of rotatable bonds is 5. The van der Waals surface area contributed by atoms with Crippen molar-refractivity contribution in [3.8, 4) is 5.75 Å². The van der Waals surface area contributed by atoms with Gasteiger partial charge >= 0.3 is 0 Å². The van der Waals surface area contributed by atoms with Gasteiger partial charge in [0.2, 0.25) is 11.8 Å². The van der Waals surface area contributed by atoms with Gasteiger partial charge in [0.1, 0.15) is 17.9 Å². The zero-order valence-corrected chi connectivity index (χ0v) is 20.5. The molecule has 7 nitrogen and oxygen atoms in total. The molecule has 2 aromatic rings. The fourth-order valence-electron chi connectivity index (χ4n) is 6.55. The number of carbonyl (C=O) groups is 3. The Kier molecular flexibility index (Phi) is 6.25. The molecule has 36 heavy (non-hydrogen) atoms. The topological polar surface area (TPSA) is 79.0 Å². The number of carbonyl (C=O) groups excluding carboxylic acids is 3. The second kappa shape index (κ2) is 9.69. The first-order valence-electron chi connectivity index (χ1n) is 13.3. The predicted octanol–water partition coefficient (Wildman–Crippen LogP) is 3.63. The van der Waals surface area contributed by atoms with Gasteiger partial charge in [-0.15, -0.1) is 0 Å². The number of piperidine rings is 2. The highest BCUT2D eigenvalue weighted by molar-refractivity contribution is 6.05. The molecule has 3 heterocycles. The summed E-state index contributed by atoms with van der Waals surface area (Å²) in [5, 5.41) is 2.36. The molecule has 1 unspecified atom stereocenters. The van der Waals surface area contributed by atoms with E-state index in [-0.39, 0.29) is 30.2 Å². The minimum Gasteiger partial charge on any atom is -0.489 e. The number of benzene rings is 2. The molecule has 6 rings (SSSR count). The van der Waals surface area contributed by atoms with Gasteiger partial charge in [0.05, 0.1) is 0 Å². The lowest BCUT2D eigenvalue weighted by molar-refractivity contribution is -0.136. The summed E-state index contributed by atoms with van der Waals surface area (Å²) >= 11 is 0. The van der Waals surface area contributed by atoms with Crippen LogP contribution in [0.3, 0.4) is 0 Å². The molecule has 2 aromatic carbocycles. The fourth-order valence-corrected chi connectivity index (χ4v) is 6.55. The maximum Gasteiger partial charge on any atom is 0.255 e. The van der Waals surface area contributed by atoms with Crippen LogP contribution in [0.1, 0.15) is 72.3 Å². The van der Waals surface area contributed by atoms with E-state index in [1.807, 2.05) is 18.2 Å². The van der Waals surface area contributed by atoms with E-state index in [1.54, 1.807) is 4.90 Å². The van der Waals surface area contributed by atoms with Crippen molar-refractivity contribution in [2.24, 2.45) is 0 Å². The third-order valence-electron chi connectivity index (χ3n) is 8.47. The Labute approximate surface area is 211 Å². The molecule has 0 radical (unpaired) electrons. The quantitative estimate of drug-likeness (QED) is 0.652. The van der Waals surface area contributed by atoms with Crippen LogP contribution in [0.2, 0.25) is 0 Å². The van der Waals surface area contributed by atoms with E-state index in [0.29, 0.717) is 30.5 Å². The SMILES string of the molecule is O=C1CCC(N2Cc3cc(O[C@H]4CCC[C@@H]4N4CCC(c5ccccc5)CC4)ccc3C2=O)C(=O)N1. The highest BCUT2D eigenvalue weighted by Gasteiger charge is 2.40. The predicted molar refractivity (Wildman–Crippen MR) is 135 cm³/mol. The van der Waals surface area contributed by atoms with Crippen molar-refractivity contribution in [2.45, 2.75) is 75.6 Å². The number of hydrogen-bond acceptors (Lipinski definition) is 5. The van der Waals surface area contributed by atoms with Crippen LogP contribution in [0.4, 0.5) is 0 Å². The number of nitrogens with one attached hydrogen (secondary N) is 1. The van der Waals surface area contributed by atoms with Crippen LogP contribution >= 0.6 is 0 Å². The van der Waals surface area contributed by atoms with E-state index in [4.69, 9.17) is 4.74 Å². The van der Waals surface area contributed by atoms with Crippen molar-refractivity contribution in [3.05, 3.63) is 65.2 Å². The second-order valence-corrected chi connectivity index (χ2v) is 10.6. The lowest BCUT2D eigenvalue weighted by Gasteiger charge is -2.38. The van der Waals surface area contributed by atoms with Crippen molar-refractivity contribution >= 4 is 17.7 Å². The third-order valence-corrected chi connectivity index (χ3v) is 8.47. The first-order chi connectivity index (χ1) is 17.6. The Bertz CT molecular complexity index is 1160. The summed E-state index contributed by atoms with van der Waals surface area (Å²) in [5.41, 5.74) is 2.97. The molecule has 4 aliphatic rings. The van der Waals surface area contributed by atoms with E-state index in [9.17, 15) is 14.4 Å². The summed E-state index contributed by atoms with van der Waals surface area (Å²) in [4.78, 5) is 41.0. The Morgan fingerprint density at radius 1 is 0.889 bits per heavy atom. The lowest BCUT2D eigenvalue weighted by Crippen LogP contribution is -2.52. The number of hydrogen-bond donors (Lipinski definition) is 1. The monoisotopic (exact) mass is 487 g/mol. The Hall–Kier alpha value is -3.19. The molecule has 3 amide bonds. The second-order valence-electron chi connectivity index (χ2n) is 10.6. The van der Waals surface area contributed by atoms with Crippen molar-refractivity contribution in [1.82, 2.24) is 15.1 Å². The molecule has 7 heteroatoms. The van der Waals surface area contributed by atoms with Gasteiger partial charge in [0, 0.05) is 24.6 Å². The van der Waals surface area contributed by atoms with Crippen LogP contribution in [0.25, 0.3) is 0 Å². The number of likely N-dealkylation sites (tertiary alicyclic amines) is 1. The van der Waals surface area contributed by atoms with Crippen LogP contribution in [0.15, 0.2) is 48.5 Å². The van der Waals surface area contributed by atoms with E-state index in [1.165, 1.54) is 24.8 Å². The number of imide groups is 1. The van der Waals surface area contributed by atoms with E-state index < -0.39 is 6.04 Å². The molecule has 3 fully saturated rings. The number of fused-ring (bicyclic) bond motifs is 1. The molecular weight excluding hydrogens is 454 g/mol. The molecular formula is C29H33N3O4. The molecule has 1 aliphatic carbocycles. The minimum absolute atomic E-state index is 0.147. The van der Waals surface area contributed by atoms with Gasteiger partial charge < -0.3 is 9.64 Å². The third kappa shape index (κ3) is 4.41. The van der Waals surface area contributed by atoms with Gasteiger partial charge in [0.15, 0.2) is 0 Å². The smallest absolute Gasteiger partial charge is 0.255 e. The highest BCUT2D eigenvalue weighted by atomic mass is 16.5. The van der Waals surface area contributed by atoms with Gasteiger partial charge in [-0.25, -0.2) is 0 Å². The first kappa shape index (κ1) is 23.2. The maximum atomic E-state index is 13.0. The molecule has 1 N–H and O–H groups in total. The van der Waals surface area contributed by atoms with Gasteiger partial charge in [-0.3, -0.25) is 24.6 Å². The standard InChI is InChI=1S/C29H33N3O4/c33-27-12-11-25(28(34)30-27)32-18-21-17-22(9-10-23(21)29(32)35)36-26-8-4-7-24(26)31-15-13-20(14-16-31)19-5-2-1-3-6-19/h1-3,5-6,9-10,17,20,24-26H,4,7-8,11-16,18H2,(H,30,33,34)/t24-,25?,26-/m0/s1. The Morgan fingerprint density at radius 2 is 1.69 bits per heavy atom. The Morgan fingerprint density at radius 3 is 2.47 bits per heavy atom. The zero-order valence-electron chi connectivity index (χ0n) is 20.5. The molecule has 2 saturated heterocycles. The summed E-state index contributed by atoms with van der Waals surface area (Å²) in [6.45, 7) is 2.58. The van der Waals surface area contributed by atoms with Crippen LogP contribution in [0, 0.1) is 0 Å². The summed E-state index contributed by atoms with van der Waals surface area (Å²) in [5.74, 6) is 0.638. The lowest BCUT2D eigenvalue weighted by atomic mass is 9.88. The Balaban J connectivity index is 1.09. The van der Waals surface area contributed by atoms with Gasteiger partial charge in [-0.05, 0) is 86.9 Å². The molecule has 0 aromatic heterocycles. The van der Waals surface area contributed by atoms with Crippen molar-refractivity contribution < 1.29 is 19.1 Å². The largest absolute Gasteiger partial charge is 0.489 e. The fraction of sp³-hybridized carbons (Fsp3) is 0.483. The molecule has 0 bridgehead atoms. The maximum absolute atomic E-state index is 13.0. The van der Waals surface area contributed by atoms with Crippen LogP contribution < -0.4 is 10.1 Å². The molecule has 1 saturated carbocycles. The summed E-state index contributed by atoms with van der Waals surface area (Å²) in [7, 11) is 0. The number of ether oxygens (including phenoxy) is 1. The zero-order chi connectivity index (χ0) is 24.6. The summed E-state index contributed by atoms with van der Waals surface area (Å²) < 4.78 is 6.53. The van der Waals surface area contributed by atoms with Crippen LogP contribution in [0.5, 0.6) is 5.75 Å². The minimum atomic E-state index is -0.593. The van der Waals surface area contributed by atoms with Crippen molar-refractivity contribution in [3.63, 3.8) is 0 Å². The number of nitrogens with zero attached hydrogens (tertiary/aromatic N) is 2. The summed E-state index contributed by atoms with van der Waals surface area (Å²) in [6.07, 6.45) is 6.53. The van der Waals surface area contributed by atoms with Crippen molar-refractivity contribution in [2.75, 3.05) is 13.1 Å². The molecule has 0 spiro atoms. The van der Waals surface area contributed by atoms with Crippen molar-refractivity contribution in [1.29, 1.82) is 0 Å². The molecule has 3 aliphatic heterocycles. The molecule has 188 valence electrons. The summed E-state index contributed by atoms with van der Waals surface area (Å²) in [6, 6.07) is 16.4. The average molecular weight is 488 g/mol. The van der Waals surface area contributed by atoms with E-state index in [0.717, 1.165) is 37.2 Å². The van der Waals surface area contributed by atoms with Gasteiger partial charge in [-0.2, -0.15) is 0 Å². The first-order valence-corrected chi connectivity index (χ1v) is 13.3. The van der Waals surface area contributed by atoms with E-state index >= 15 is 0 Å². The number of amides is 3. The average Bonchev–Trinajstić information content (AvgIpc) is 3.49.